The molecule has 1 heterocycles. The minimum absolute atomic E-state index is 0.514. The van der Waals surface area contributed by atoms with Gasteiger partial charge in [0.15, 0.2) is 11.9 Å². The lowest BCUT2D eigenvalue weighted by molar-refractivity contribution is -0.123. The number of amides is 1. The lowest BCUT2D eigenvalue weighted by atomic mass is 10.2. The molecule has 0 aliphatic carbocycles. The molecule has 1 aromatic heterocycles. The van der Waals surface area contributed by atoms with Gasteiger partial charge in [0, 0.05) is 16.1 Å². The summed E-state index contributed by atoms with van der Waals surface area (Å²) in [6.07, 6.45) is 0.955. The van der Waals surface area contributed by atoms with Crippen molar-refractivity contribution in [1.82, 2.24) is 4.98 Å². The molecular formula is C12H10Br2N2O2. The SMILES string of the molecule is C[C@@H](Oc1c(Br)cc(Br)c2cccnc12)C(N)=O. The summed E-state index contributed by atoms with van der Waals surface area (Å²) < 4.78 is 7.19. The number of ether oxygens (including phenoxy) is 1. The second-order valence-corrected chi connectivity index (χ2v) is 5.44. The third-order valence-corrected chi connectivity index (χ3v) is 3.69. The lowest BCUT2D eigenvalue weighted by Crippen LogP contribution is -2.30. The second kappa shape index (κ2) is 5.24. The molecule has 0 saturated heterocycles. The van der Waals surface area contributed by atoms with E-state index >= 15 is 0 Å². The first-order chi connectivity index (χ1) is 8.50. The number of nitrogens with zero attached hydrogens (tertiary/aromatic N) is 1. The molecule has 6 heteroatoms. The number of hydrogen-bond donors (Lipinski definition) is 1. The molecule has 0 fully saturated rings. The Morgan fingerprint density at radius 2 is 2.17 bits per heavy atom. The van der Waals surface area contributed by atoms with E-state index in [4.69, 9.17) is 10.5 Å². The van der Waals surface area contributed by atoms with Gasteiger partial charge in [0.05, 0.1) is 4.47 Å². The predicted octanol–water partition coefficient (Wildman–Crippen LogP) is 3.01. The third-order valence-electron chi connectivity index (χ3n) is 2.45. The van der Waals surface area contributed by atoms with Crippen LogP contribution in [0, 0.1) is 0 Å². The fraction of sp³-hybridized carbons (Fsp3) is 0.167. The summed E-state index contributed by atoms with van der Waals surface area (Å²) in [7, 11) is 0. The van der Waals surface area contributed by atoms with E-state index in [1.54, 1.807) is 13.1 Å². The summed E-state index contributed by atoms with van der Waals surface area (Å²) in [5.41, 5.74) is 5.87. The molecule has 0 spiro atoms. The van der Waals surface area contributed by atoms with Crippen LogP contribution >= 0.6 is 31.9 Å². The summed E-state index contributed by atoms with van der Waals surface area (Å²) in [5, 5.41) is 0.910. The van der Waals surface area contributed by atoms with E-state index in [1.807, 2.05) is 18.2 Å². The topological polar surface area (TPSA) is 65.2 Å². The van der Waals surface area contributed by atoms with Crippen molar-refractivity contribution in [3.63, 3.8) is 0 Å². The van der Waals surface area contributed by atoms with E-state index in [2.05, 4.69) is 36.8 Å². The number of carbonyl (C=O) groups is 1. The Bertz CT molecular complexity index is 616. The van der Waals surface area contributed by atoms with Crippen LogP contribution in [0.4, 0.5) is 0 Å². The molecule has 94 valence electrons. The Labute approximate surface area is 121 Å². The van der Waals surface area contributed by atoms with Gasteiger partial charge in [0.2, 0.25) is 0 Å². The molecule has 0 unspecified atom stereocenters. The molecule has 0 bridgehead atoms. The van der Waals surface area contributed by atoms with E-state index in [0.29, 0.717) is 15.7 Å². The summed E-state index contributed by atoms with van der Waals surface area (Å²) in [6, 6.07) is 5.61. The summed E-state index contributed by atoms with van der Waals surface area (Å²) in [4.78, 5) is 15.3. The van der Waals surface area contributed by atoms with Gasteiger partial charge in [-0.15, -0.1) is 0 Å². The van der Waals surface area contributed by atoms with Crippen LogP contribution in [0.5, 0.6) is 5.75 Å². The molecule has 4 nitrogen and oxygen atoms in total. The monoisotopic (exact) mass is 372 g/mol. The van der Waals surface area contributed by atoms with Crippen LogP contribution in [0.3, 0.4) is 0 Å². The van der Waals surface area contributed by atoms with Crippen molar-refractivity contribution >= 4 is 48.7 Å². The number of fused-ring (bicyclic) bond motifs is 1. The van der Waals surface area contributed by atoms with Crippen molar-refractivity contribution < 1.29 is 9.53 Å². The minimum Gasteiger partial charge on any atom is -0.477 e. The Morgan fingerprint density at radius 1 is 1.44 bits per heavy atom. The zero-order valence-electron chi connectivity index (χ0n) is 9.48. The molecule has 0 aliphatic heterocycles. The lowest BCUT2D eigenvalue weighted by Gasteiger charge is -2.15. The first-order valence-corrected chi connectivity index (χ1v) is 6.78. The fourth-order valence-electron chi connectivity index (χ4n) is 1.49. The maximum atomic E-state index is 11.1. The molecule has 2 N–H and O–H groups in total. The number of hydrogen-bond acceptors (Lipinski definition) is 3. The maximum Gasteiger partial charge on any atom is 0.258 e. The average Bonchev–Trinajstić information content (AvgIpc) is 2.34. The van der Waals surface area contributed by atoms with Crippen molar-refractivity contribution in [2.45, 2.75) is 13.0 Å². The van der Waals surface area contributed by atoms with Crippen LogP contribution in [-0.2, 0) is 4.79 Å². The molecule has 18 heavy (non-hydrogen) atoms. The highest BCUT2D eigenvalue weighted by atomic mass is 79.9. The Hall–Kier alpha value is -1.14. The van der Waals surface area contributed by atoms with Gasteiger partial charge in [0.25, 0.3) is 5.91 Å². The standard InChI is InChI=1S/C12H10Br2N2O2/c1-6(12(15)17)18-11-9(14)5-8(13)7-3-2-4-16-10(7)11/h2-6H,1H3,(H2,15,17)/t6-/m1/s1. The normalized spacial score (nSPS) is 12.4. The van der Waals surface area contributed by atoms with E-state index in [0.717, 1.165) is 9.86 Å². The summed E-state index contributed by atoms with van der Waals surface area (Å²) in [5.74, 6) is -0.00556. The molecule has 2 rings (SSSR count). The summed E-state index contributed by atoms with van der Waals surface area (Å²) >= 11 is 6.86. The van der Waals surface area contributed by atoms with Gasteiger partial charge < -0.3 is 10.5 Å². The van der Waals surface area contributed by atoms with Crippen molar-refractivity contribution in [2.24, 2.45) is 5.73 Å². The van der Waals surface area contributed by atoms with Gasteiger partial charge >= 0.3 is 0 Å². The highest BCUT2D eigenvalue weighted by molar-refractivity contribution is 9.11. The van der Waals surface area contributed by atoms with Crippen molar-refractivity contribution in [1.29, 1.82) is 0 Å². The van der Waals surface area contributed by atoms with Gasteiger partial charge in [-0.25, -0.2) is 0 Å². The predicted molar refractivity (Wildman–Crippen MR) is 76.4 cm³/mol. The highest BCUT2D eigenvalue weighted by Gasteiger charge is 2.17. The van der Waals surface area contributed by atoms with Crippen LogP contribution in [0.1, 0.15) is 6.92 Å². The fourth-order valence-corrected chi connectivity index (χ4v) is 2.86. The molecule has 0 radical (unpaired) electrons. The molecular weight excluding hydrogens is 364 g/mol. The molecule has 2 aromatic rings. The number of halogens is 2. The number of nitrogens with two attached hydrogens (primary N) is 1. The van der Waals surface area contributed by atoms with E-state index in [9.17, 15) is 4.79 Å². The van der Waals surface area contributed by atoms with Gasteiger partial charge in [-0.3, -0.25) is 9.78 Å². The summed E-state index contributed by atoms with van der Waals surface area (Å²) in [6.45, 7) is 1.60. The molecule has 1 amide bonds. The Kier molecular flexibility index (Phi) is 3.87. The number of rotatable bonds is 3. The zero-order valence-corrected chi connectivity index (χ0v) is 12.7. The van der Waals surface area contributed by atoms with Crippen LogP contribution < -0.4 is 10.5 Å². The average molecular weight is 374 g/mol. The second-order valence-electron chi connectivity index (χ2n) is 3.73. The van der Waals surface area contributed by atoms with Gasteiger partial charge in [0.1, 0.15) is 5.52 Å². The Morgan fingerprint density at radius 3 is 2.83 bits per heavy atom. The first kappa shape index (κ1) is 13.3. The Balaban J connectivity index is 2.59. The molecule has 1 aromatic carbocycles. The minimum atomic E-state index is -0.715. The van der Waals surface area contributed by atoms with Gasteiger partial charge in [-0.1, -0.05) is 22.0 Å². The highest BCUT2D eigenvalue weighted by Crippen LogP contribution is 2.37. The van der Waals surface area contributed by atoms with Gasteiger partial charge in [-0.05, 0) is 35.0 Å². The molecule has 0 saturated carbocycles. The number of benzene rings is 1. The quantitative estimate of drug-likeness (QED) is 0.899. The van der Waals surface area contributed by atoms with Crippen LogP contribution in [-0.4, -0.2) is 17.0 Å². The number of pyridine rings is 1. The van der Waals surface area contributed by atoms with E-state index in [1.165, 1.54) is 0 Å². The number of primary amides is 1. The van der Waals surface area contributed by atoms with E-state index in [-0.39, 0.29) is 0 Å². The number of aromatic nitrogens is 1. The van der Waals surface area contributed by atoms with E-state index < -0.39 is 12.0 Å². The van der Waals surface area contributed by atoms with Crippen molar-refractivity contribution in [2.75, 3.05) is 0 Å². The van der Waals surface area contributed by atoms with Gasteiger partial charge in [-0.2, -0.15) is 0 Å². The molecule has 1 atom stereocenters. The van der Waals surface area contributed by atoms with Crippen molar-refractivity contribution in [3.8, 4) is 5.75 Å². The van der Waals surface area contributed by atoms with Crippen molar-refractivity contribution in [3.05, 3.63) is 33.3 Å². The number of carbonyl (C=O) groups excluding carboxylic acids is 1. The zero-order chi connectivity index (χ0) is 13.3. The van der Waals surface area contributed by atoms with Crippen LogP contribution in [0.25, 0.3) is 10.9 Å². The molecule has 0 aliphatic rings. The smallest absolute Gasteiger partial charge is 0.258 e. The van der Waals surface area contributed by atoms with Crippen LogP contribution in [0.2, 0.25) is 0 Å². The van der Waals surface area contributed by atoms with Crippen LogP contribution in [0.15, 0.2) is 33.3 Å². The largest absolute Gasteiger partial charge is 0.477 e. The third kappa shape index (κ3) is 2.49. The maximum absolute atomic E-state index is 11.1. The first-order valence-electron chi connectivity index (χ1n) is 5.19.